The number of anilines is 1. The number of aliphatic hydroxyl groups is 1. The van der Waals surface area contributed by atoms with Gasteiger partial charge in [-0.25, -0.2) is 9.97 Å². The van der Waals surface area contributed by atoms with Crippen molar-refractivity contribution >= 4 is 5.95 Å². The first-order chi connectivity index (χ1) is 7.95. The second-order valence-corrected chi connectivity index (χ2v) is 4.14. The highest BCUT2D eigenvalue weighted by Gasteiger charge is 2.33. The minimum absolute atomic E-state index is 0.0267. The molecule has 0 bridgehead atoms. The zero-order valence-corrected chi connectivity index (χ0v) is 8.91. The van der Waals surface area contributed by atoms with Crippen LogP contribution in [0.3, 0.4) is 0 Å². The van der Waals surface area contributed by atoms with Gasteiger partial charge in [-0.05, 0) is 24.8 Å². The summed E-state index contributed by atoms with van der Waals surface area (Å²) in [4.78, 5) is 7.10. The standard InChI is InChI=1S/C10H12F3N3O/c11-10(12,13)8-1-2-14-9(16-8)15-5-6-3-7(17)4-6/h1-2,6-7,17H,3-5H2,(H,14,15,16). The molecule has 1 saturated carbocycles. The maximum atomic E-state index is 12.3. The molecule has 1 aliphatic carbocycles. The molecular weight excluding hydrogens is 235 g/mol. The van der Waals surface area contributed by atoms with Gasteiger partial charge in [0.15, 0.2) is 0 Å². The highest BCUT2D eigenvalue weighted by molar-refractivity contribution is 5.26. The van der Waals surface area contributed by atoms with Crippen molar-refractivity contribution in [2.75, 3.05) is 11.9 Å². The second-order valence-electron chi connectivity index (χ2n) is 4.14. The molecule has 0 spiro atoms. The molecule has 0 atom stereocenters. The van der Waals surface area contributed by atoms with Gasteiger partial charge in [0.05, 0.1) is 6.10 Å². The van der Waals surface area contributed by atoms with Gasteiger partial charge in [0, 0.05) is 12.7 Å². The average molecular weight is 247 g/mol. The normalized spacial score (nSPS) is 24.2. The zero-order chi connectivity index (χ0) is 12.5. The number of aliphatic hydroxyl groups excluding tert-OH is 1. The number of hydrogen-bond donors (Lipinski definition) is 2. The van der Waals surface area contributed by atoms with Gasteiger partial charge in [-0.2, -0.15) is 13.2 Å². The van der Waals surface area contributed by atoms with Crippen molar-refractivity contribution in [3.63, 3.8) is 0 Å². The monoisotopic (exact) mass is 247 g/mol. The quantitative estimate of drug-likeness (QED) is 0.853. The molecule has 2 rings (SSSR count). The lowest BCUT2D eigenvalue weighted by atomic mass is 9.82. The van der Waals surface area contributed by atoms with Crippen molar-refractivity contribution < 1.29 is 18.3 Å². The van der Waals surface area contributed by atoms with E-state index in [4.69, 9.17) is 5.11 Å². The Labute approximate surface area is 95.9 Å². The number of alkyl halides is 3. The Morgan fingerprint density at radius 1 is 1.41 bits per heavy atom. The fourth-order valence-electron chi connectivity index (χ4n) is 1.70. The van der Waals surface area contributed by atoms with Gasteiger partial charge in [0.2, 0.25) is 5.95 Å². The van der Waals surface area contributed by atoms with Crippen LogP contribution < -0.4 is 5.32 Å². The summed E-state index contributed by atoms with van der Waals surface area (Å²) >= 11 is 0. The van der Waals surface area contributed by atoms with Crippen LogP contribution in [0, 0.1) is 5.92 Å². The van der Waals surface area contributed by atoms with Crippen molar-refractivity contribution in [3.05, 3.63) is 18.0 Å². The minimum Gasteiger partial charge on any atom is -0.393 e. The summed E-state index contributed by atoms with van der Waals surface area (Å²) in [5, 5.41) is 11.8. The molecule has 2 N–H and O–H groups in total. The van der Waals surface area contributed by atoms with Gasteiger partial charge < -0.3 is 10.4 Å². The summed E-state index contributed by atoms with van der Waals surface area (Å²) in [6.07, 6.45) is -2.30. The summed E-state index contributed by atoms with van der Waals surface area (Å²) in [7, 11) is 0. The largest absolute Gasteiger partial charge is 0.433 e. The van der Waals surface area contributed by atoms with Crippen LogP contribution in [-0.2, 0) is 6.18 Å². The molecule has 1 heterocycles. The number of rotatable bonds is 3. The Kier molecular flexibility index (Phi) is 3.19. The van der Waals surface area contributed by atoms with Gasteiger partial charge in [0.1, 0.15) is 5.69 Å². The van der Waals surface area contributed by atoms with Crippen LogP contribution >= 0.6 is 0 Å². The first-order valence-corrected chi connectivity index (χ1v) is 5.27. The first-order valence-electron chi connectivity index (χ1n) is 5.27. The lowest BCUT2D eigenvalue weighted by Gasteiger charge is -2.31. The van der Waals surface area contributed by atoms with Gasteiger partial charge in [0.25, 0.3) is 0 Å². The highest BCUT2D eigenvalue weighted by atomic mass is 19.4. The van der Waals surface area contributed by atoms with Crippen molar-refractivity contribution in [3.8, 4) is 0 Å². The summed E-state index contributed by atoms with van der Waals surface area (Å²) in [5.41, 5.74) is -0.955. The molecule has 94 valence electrons. The zero-order valence-electron chi connectivity index (χ0n) is 8.91. The van der Waals surface area contributed by atoms with E-state index in [-0.39, 0.29) is 18.0 Å². The third-order valence-electron chi connectivity index (χ3n) is 2.71. The van der Waals surface area contributed by atoms with Crippen LogP contribution in [0.1, 0.15) is 18.5 Å². The molecular formula is C10H12F3N3O. The van der Waals surface area contributed by atoms with E-state index in [1.807, 2.05) is 0 Å². The SMILES string of the molecule is OC1CC(CNc2nccc(C(F)(F)F)n2)C1. The molecule has 0 saturated heterocycles. The van der Waals surface area contributed by atoms with E-state index >= 15 is 0 Å². The fourth-order valence-corrected chi connectivity index (χ4v) is 1.70. The van der Waals surface area contributed by atoms with Gasteiger partial charge in [-0.1, -0.05) is 0 Å². The molecule has 0 unspecified atom stereocenters. The van der Waals surface area contributed by atoms with Crippen molar-refractivity contribution in [2.24, 2.45) is 5.92 Å². The third-order valence-corrected chi connectivity index (χ3v) is 2.71. The molecule has 4 nitrogen and oxygen atoms in total. The van der Waals surface area contributed by atoms with E-state index in [9.17, 15) is 13.2 Å². The molecule has 0 amide bonds. The number of hydrogen-bond acceptors (Lipinski definition) is 4. The molecule has 7 heteroatoms. The smallest absolute Gasteiger partial charge is 0.393 e. The molecule has 1 fully saturated rings. The maximum absolute atomic E-state index is 12.3. The molecule has 0 radical (unpaired) electrons. The van der Waals surface area contributed by atoms with Crippen LogP contribution in [0.15, 0.2) is 12.3 Å². The number of aromatic nitrogens is 2. The van der Waals surface area contributed by atoms with E-state index in [1.165, 1.54) is 0 Å². The molecule has 17 heavy (non-hydrogen) atoms. The fraction of sp³-hybridized carbons (Fsp3) is 0.600. The molecule has 0 aromatic carbocycles. The Bertz CT molecular complexity index is 391. The Morgan fingerprint density at radius 2 is 2.12 bits per heavy atom. The van der Waals surface area contributed by atoms with Gasteiger partial charge in [-0.15, -0.1) is 0 Å². The van der Waals surface area contributed by atoms with E-state index < -0.39 is 11.9 Å². The van der Waals surface area contributed by atoms with E-state index in [2.05, 4.69) is 15.3 Å². The maximum Gasteiger partial charge on any atom is 0.433 e. The van der Waals surface area contributed by atoms with E-state index in [1.54, 1.807) is 0 Å². The molecule has 1 aliphatic rings. The van der Waals surface area contributed by atoms with Gasteiger partial charge in [-0.3, -0.25) is 0 Å². The van der Waals surface area contributed by atoms with Gasteiger partial charge >= 0.3 is 6.18 Å². The van der Waals surface area contributed by atoms with Crippen molar-refractivity contribution in [1.82, 2.24) is 9.97 Å². The number of nitrogens with one attached hydrogen (secondary N) is 1. The Balaban J connectivity index is 1.92. The summed E-state index contributed by atoms with van der Waals surface area (Å²) < 4.78 is 37.0. The molecule has 1 aromatic heterocycles. The Morgan fingerprint density at radius 3 is 2.71 bits per heavy atom. The van der Waals surface area contributed by atoms with E-state index in [0.717, 1.165) is 12.3 Å². The highest BCUT2D eigenvalue weighted by Crippen LogP contribution is 2.29. The number of halogens is 3. The summed E-state index contributed by atoms with van der Waals surface area (Å²) in [5.74, 6) is 0.254. The van der Waals surface area contributed by atoms with Crippen LogP contribution in [-0.4, -0.2) is 27.7 Å². The van der Waals surface area contributed by atoms with Crippen molar-refractivity contribution in [2.45, 2.75) is 25.1 Å². The van der Waals surface area contributed by atoms with Crippen LogP contribution in [0.25, 0.3) is 0 Å². The van der Waals surface area contributed by atoms with Crippen LogP contribution in [0.4, 0.5) is 19.1 Å². The summed E-state index contributed by atoms with van der Waals surface area (Å²) in [6, 6.07) is 0.832. The summed E-state index contributed by atoms with van der Waals surface area (Å²) in [6.45, 7) is 0.484. The van der Waals surface area contributed by atoms with E-state index in [0.29, 0.717) is 19.4 Å². The van der Waals surface area contributed by atoms with Crippen LogP contribution in [0.5, 0.6) is 0 Å². The molecule has 1 aromatic rings. The topological polar surface area (TPSA) is 58.0 Å². The molecule has 0 aliphatic heterocycles. The number of nitrogens with zero attached hydrogens (tertiary/aromatic N) is 2. The third kappa shape index (κ3) is 3.06. The lowest BCUT2D eigenvalue weighted by Crippen LogP contribution is -2.33. The van der Waals surface area contributed by atoms with Crippen molar-refractivity contribution in [1.29, 1.82) is 0 Å². The second kappa shape index (κ2) is 4.48. The predicted molar refractivity (Wildman–Crippen MR) is 54.3 cm³/mol. The van der Waals surface area contributed by atoms with Crippen LogP contribution in [0.2, 0.25) is 0 Å². The average Bonchev–Trinajstić information content (AvgIpc) is 2.22. The first kappa shape index (κ1) is 12.1. The minimum atomic E-state index is -4.45. The predicted octanol–water partition coefficient (Wildman–Crippen LogP) is 1.68. The lowest BCUT2D eigenvalue weighted by molar-refractivity contribution is -0.141. The Hall–Kier alpha value is -1.37.